The number of hydrogen-bond donors (Lipinski definition) is 2. The van der Waals surface area contributed by atoms with Gasteiger partial charge in [0.1, 0.15) is 6.04 Å². The molecule has 2 aromatic heterocycles. The zero-order valence-electron chi connectivity index (χ0n) is 20.4. The Morgan fingerprint density at radius 2 is 1.89 bits per heavy atom. The van der Waals surface area contributed by atoms with Crippen molar-refractivity contribution in [2.75, 3.05) is 13.1 Å². The minimum atomic E-state index is -4.19. The van der Waals surface area contributed by atoms with Gasteiger partial charge in [-0.3, -0.25) is 14.4 Å². The third kappa shape index (κ3) is 5.81. The number of nitrogens with one attached hydrogen (secondary N) is 2. The number of amides is 2. The van der Waals surface area contributed by atoms with Gasteiger partial charge in [0.2, 0.25) is 5.91 Å². The van der Waals surface area contributed by atoms with E-state index in [1.54, 1.807) is 19.9 Å². The Bertz CT molecular complexity index is 1400. The molecule has 10 nitrogen and oxygen atoms in total. The van der Waals surface area contributed by atoms with E-state index in [9.17, 15) is 28.0 Å². The molecule has 3 heterocycles. The van der Waals surface area contributed by atoms with Gasteiger partial charge in [-0.05, 0) is 42.3 Å². The molecular weight excluding hydrogens is 516 g/mol. The molecule has 3 aromatic rings. The second kappa shape index (κ2) is 11.0. The number of hydrogen-bond acceptors (Lipinski definition) is 7. The van der Waals surface area contributed by atoms with Crippen LogP contribution in [0.2, 0.25) is 0 Å². The molecule has 196 valence electrons. The highest BCUT2D eigenvalue weighted by Crippen LogP contribution is 2.25. The van der Waals surface area contributed by atoms with Crippen LogP contribution in [-0.2, 0) is 19.6 Å². The monoisotopic (exact) mass is 544 g/mol. The van der Waals surface area contributed by atoms with Gasteiger partial charge in [0, 0.05) is 23.4 Å². The van der Waals surface area contributed by atoms with Crippen molar-refractivity contribution in [3.8, 4) is 0 Å². The second-order valence-corrected chi connectivity index (χ2v) is 12.2. The smallest absolute Gasteiger partial charge is 0.323 e. The van der Waals surface area contributed by atoms with Crippen LogP contribution >= 0.6 is 11.3 Å². The summed E-state index contributed by atoms with van der Waals surface area (Å²) in [6.45, 7) is 3.14. The molecule has 0 saturated carbocycles. The summed E-state index contributed by atoms with van der Waals surface area (Å²) < 4.78 is 28.1. The third-order valence-electron chi connectivity index (χ3n) is 6.22. The molecule has 2 unspecified atom stereocenters. The fourth-order valence-electron chi connectivity index (χ4n) is 4.20. The molecular formula is C25H28N4O6S2. The Hall–Kier alpha value is -3.35. The summed E-state index contributed by atoms with van der Waals surface area (Å²) in [7, 11) is -4.19. The molecule has 12 heteroatoms. The van der Waals surface area contributed by atoms with Crippen LogP contribution in [0.3, 0.4) is 0 Å². The van der Waals surface area contributed by atoms with Crippen LogP contribution in [0.1, 0.15) is 36.4 Å². The number of ketones is 1. The van der Waals surface area contributed by atoms with Gasteiger partial charge in [-0.25, -0.2) is 8.42 Å². The van der Waals surface area contributed by atoms with Crippen LogP contribution in [0.5, 0.6) is 0 Å². The Morgan fingerprint density at radius 3 is 2.59 bits per heavy atom. The number of carbonyl (C=O) groups excluding carboxylic acids is 3. The fraction of sp³-hybridized carbons (Fsp3) is 0.360. The first-order chi connectivity index (χ1) is 17.6. The summed E-state index contributed by atoms with van der Waals surface area (Å²) in [5, 5.41) is 18.0. The summed E-state index contributed by atoms with van der Waals surface area (Å²) in [4.78, 5) is 39.5. The molecule has 37 heavy (non-hydrogen) atoms. The molecule has 2 N–H and O–H groups in total. The predicted octanol–water partition coefficient (Wildman–Crippen LogP) is 1.83. The second-order valence-electron chi connectivity index (χ2n) is 9.22. The Balaban J connectivity index is 1.44. The van der Waals surface area contributed by atoms with Gasteiger partial charge in [-0.2, -0.15) is 9.04 Å². The van der Waals surface area contributed by atoms with Gasteiger partial charge in [-0.1, -0.05) is 32.0 Å². The Kier molecular flexibility index (Phi) is 7.90. The highest BCUT2D eigenvalue weighted by Gasteiger charge is 2.37. The number of nitrogens with zero attached hydrogens (tertiary/aromatic N) is 2. The summed E-state index contributed by atoms with van der Waals surface area (Å²) >= 11 is 1.33. The summed E-state index contributed by atoms with van der Waals surface area (Å²) in [5.41, 5.74) is 0. The van der Waals surface area contributed by atoms with E-state index in [4.69, 9.17) is 0 Å². The van der Waals surface area contributed by atoms with E-state index in [-0.39, 0.29) is 29.5 Å². The normalized spacial score (nSPS) is 17.9. The number of aromatic nitrogens is 1. The van der Waals surface area contributed by atoms with E-state index in [1.807, 2.05) is 24.3 Å². The molecule has 0 radical (unpaired) electrons. The summed E-state index contributed by atoms with van der Waals surface area (Å²) in [6, 6.07) is 11.6. The van der Waals surface area contributed by atoms with Gasteiger partial charge in [0.15, 0.2) is 12.0 Å². The zero-order valence-corrected chi connectivity index (χ0v) is 22.1. The van der Waals surface area contributed by atoms with Gasteiger partial charge in [-0.15, -0.1) is 11.3 Å². The highest BCUT2D eigenvalue weighted by atomic mass is 32.2. The molecule has 0 aliphatic carbocycles. The summed E-state index contributed by atoms with van der Waals surface area (Å²) in [5.74, 6) is -1.64. The van der Waals surface area contributed by atoms with Crippen LogP contribution < -0.4 is 15.4 Å². The first-order valence-electron chi connectivity index (χ1n) is 11.9. The molecule has 1 aliphatic rings. The van der Waals surface area contributed by atoms with E-state index in [0.29, 0.717) is 11.3 Å². The van der Waals surface area contributed by atoms with Gasteiger partial charge < -0.3 is 15.8 Å². The van der Waals surface area contributed by atoms with Crippen molar-refractivity contribution in [2.45, 2.75) is 43.8 Å². The minimum Gasteiger partial charge on any atom is -0.618 e. The average Bonchev–Trinajstić information content (AvgIpc) is 3.21. The van der Waals surface area contributed by atoms with Crippen molar-refractivity contribution in [3.63, 3.8) is 0 Å². The fourth-order valence-corrected chi connectivity index (χ4v) is 6.64. The number of pyridine rings is 1. The van der Waals surface area contributed by atoms with Crippen molar-refractivity contribution in [1.29, 1.82) is 0 Å². The van der Waals surface area contributed by atoms with Crippen LogP contribution in [0.4, 0.5) is 0 Å². The number of carbonyl (C=O) groups is 3. The molecule has 0 bridgehead atoms. The molecule has 1 aliphatic heterocycles. The predicted molar refractivity (Wildman–Crippen MR) is 138 cm³/mol. The van der Waals surface area contributed by atoms with E-state index >= 15 is 0 Å². The van der Waals surface area contributed by atoms with Gasteiger partial charge in [0.05, 0.1) is 17.5 Å². The minimum absolute atomic E-state index is 0.0334. The van der Waals surface area contributed by atoms with Gasteiger partial charge >= 0.3 is 15.0 Å². The molecule has 4 rings (SSSR count). The first kappa shape index (κ1) is 26.7. The SMILES string of the molecule is CC(C)C(NC(=O)c1cc2ccccc2s1)C(=O)NC1CCCN(S(=O)(=O)c2cccc[n+]2[O-])CC1=O. The topological polar surface area (TPSA) is 140 Å². The highest BCUT2D eigenvalue weighted by molar-refractivity contribution is 7.89. The average molecular weight is 545 g/mol. The first-order valence-corrected chi connectivity index (χ1v) is 14.1. The number of fused-ring (bicyclic) bond motifs is 1. The van der Waals surface area contributed by atoms with E-state index < -0.39 is 45.4 Å². The van der Waals surface area contributed by atoms with Crippen LogP contribution in [0.15, 0.2) is 59.8 Å². The standard InChI is InChI=1S/C25H28N4O6S2/c1-16(2)23(27-24(31)21-14-17-8-3-4-10-20(17)36-21)25(32)26-18-9-7-12-28(15-19(18)30)37(34,35)22-11-5-6-13-29(22)33/h3-6,8,10-11,13-14,16,18,23H,7,9,12,15H2,1-2H3,(H,26,32)(H,27,31). The Morgan fingerprint density at radius 1 is 1.16 bits per heavy atom. The number of thiophene rings is 1. The van der Waals surface area contributed by atoms with Crippen LogP contribution in [0, 0.1) is 11.1 Å². The van der Waals surface area contributed by atoms with Crippen LogP contribution in [-0.4, -0.2) is 55.5 Å². The Labute approximate surface area is 218 Å². The lowest BCUT2D eigenvalue weighted by atomic mass is 10.0. The maximum absolute atomic E-state index is 13.1. The summed E-state index contributed by atoms with van der Waals surface area (Å²) in [6.07, 6.45) is 1.62. The number of benzene rings is 1. The lowest BCUT2D eigenvalue weighted by molar-refractivity contribution is -0.646. The molecule has 2 amide bonds. The zero-order chi connectivity index (χ0) is 26.7. The van der Waals surface area contributed by atoms with Crippen molar-refractivity contribution in [3.05, 3.63) is 64.8 Å². The lowest BCUT2D eigenvalue weighted by Gasteiger charge is -2.24. The number of sulfonamides is 1. The maximum Gasteiger partial charge on any atom is 0.323 e. The van der Waals surface area contributed by atoms with E-state index in [1.165, 1.54) is 29.5 Å². The van der Waals surface area contributed by atoms with E-state index in [0.717, 1.165) is 20.6 Å². The molecule has 1 fully saturated rings. The molecule has 0 spiro atoms. The molecule has 1 saturated heterocycles. The van der Waals surface area contributed by atoms with Crippen molar-refractivity contribution in [2.24, 2.45) is 5.92 Å². The molecule has 2 atom stereocenters. The lowest BCUT2D eigenvalue weighted by Crippen LogP contribution is -2.54. The number of rotatable bonds is 7. The van der Waals surface area contributed by atoms with Crippen molar-refractivity contribution >= 4 is 49.0 Å². The van der Waals surface area contributed by atoms with Gasteiger partial charge in [0.25, 0.3) is 5.91 Å². The number of Topliss-reactive ketones (excluding diaryl/α,β-unsaturated/α-hetero) is 1. The quantitative estimate of drug-likeness (QED) is 0.344. The van der Waals surface area contributed by atoms with Crippen molar-refractivity contribution < 1.29 is 27.5 Å². The largest absolute Gasteiger partial charge is 0.618 e. The third-order valence-corrected chi connectivity index (χ3v) is 9.17. The maximum atomic E-state index is 13.1. The van der Waals surface area contributed by atoms with E-state index in [2.05, 4.69) is 10.6 Å². The van der Waals surface area contributed by atoms with Crippen molar-refractivity contribution in [1.82, 2.24) is 14.9 Å². The molecule has 1 aromatic carbocycles. The van der Waals surface area contributed by atoms with Crippen LogP contribution in [0.25, 0.3) is 10.1 Å².